The first-order valence-electron chi connectivity index (χ1n) is 6.73. The fourth-order valence-corrected chi connectivity index (χ4v) is 2.67. The molecule has 2 aromatic rings. The molecule has 0 unspecified atom stereocenters. The second kappa shape index (κ2) is 7.81. The molecule has 0 aliphatic carbocycles. The lowest BCUT2D eigenvalue weighted by Crippen LogP contribution is -2.15. The lowest BCUT2D eigenvalue weighted by molar-refractivity contribution is -0.137. The number of rotatable bonds is 5. The number of hydrogen-bond donors (Lipinski definition) is 1. The molecule has 0 aliphatic heterocycles. The van der Waals surface area contributed by atoms with Crippen LogP contribution in [0.25, 0.3) is 0 Å². The first-order valence-corrected chi connectivity index (χ1v) is 8.09. The van der Waals surface area contributed by atoms with Gasteiger partial charge in [-0.1, -0.05) is 11.6 Å². The second-order valence-corrected chi connectivity index (χ2v) is 6.16. The smallest absolute Gasteiger partial charge is 0.416 e. The van der Waals surface area contributed by atoms with Gasteiger partial charge in [0.25, 0.3) is 0 Å². The topological polar surface area (TPSA) is 38.3 Å². The van der Waals surface area contributed by atoms with Gasteiger partial charge in [-0.3, -0.25) is 4.79 Å². The summed E-state index contributed by atoms with van der Waals surface area (Å²) in [4.78, 5) is 12.8. The van der Waals surface area contributed by atoms with Crippen LogP contribution in [-0.2, 0) is 11.0 Å². The van der Waals surface area contributed by atoms with E-state index in [9.17, 15) is 18.0 Å². The van der Waals surface area contributed by atoms with Gasteiger partial charge < -0.3 is 10.1 Å². The zero-order valence-corrected chi connectivity index (χ0v) is 14.1. The van der Waals surface area contributed by atoms with E-state index in [2.05, 4.69) is 5.32 Å². The summed E-state index contributed by atoms with van der Waals surface area (Å²) in [7, 11) is 1.55. The lowest BCUT2D eigenvalue weighted by atomic mass is 10.2. The molecular formula is C16H13ClF3NO2S. The molecule has 24 heavy (non-hydrogen) atoms. The standard InChI is InChI=1S/C16H13ClF3NO2S/c1-23-11-3-5-12(6-4-11)24-9-15(22)21-14-8-10(16(18,19)20)2-7-13(14)17/h2-8H,9H2,1H3,(H,21,22). The molecule has 0 radical (unpaired) electrons. The fraction of sp³-hybridized carbons (Fsp3) is 0.188. The van der Waals surface area contributed by atoms with Gasteiger partial charge in [-0.05, 0) is 42.5 Å². The Kier molecular flexibility index (Phi) is 6.01. The van der Waals surface area contributed by atoms with Gasteiger partial charge in [0.05, 0.1) is 29.1 Å². The van der Waals surface area contributed by atoms with E-state index in [1.165, 1.54) is 11.8 Å². The predicted molar refractivity (Wildman–Crippen MR) is 88.8 cm³/mol. The highest BCUT2D eigenvalue weighted by molar-refractivity contribution is 8.00. The van der Waals surface area contributed by atoms with Gasteiger partial charge in [-0.2, -0.15) is 13.2 Å². The Balaban J connectivity index is 1.99. The summed E-state index contributed by atoms with van der Waals surface area (Å²) >= 11 is 7.09. The molecule has 1 amide bonds. The zero-order valence-electron chi connectivity index (χ0n) is 12.5. The molecule has 2 aromatic carbocycles. The summed E-state index contributed by atoms with van der Waals surface area (Å²) in [6.07, 6.45) is -4.50. The molecule has 1 N–H and O–H groups in total. The summed E-state index contributed by atoms with van der Waals surface area (Å²) in [5, 5.41) is 2.45. The van der Waals surface area contributed by atoms with Gasteiger partial charge in [0.2, 0.25) is 5.91 Å². The van der Waals surface area contributed by atoms with Crippen LogP contribution in [0.3, 0.4) is 0 Å². The maximum atomic E-state index is 12.7. The van der Waals surface area contributed by atoms with Crippen LogP contribution in [-0.4, -0.2) is 18.8 Å². The SMILES string of the molecule is COc1ccc(SCC(=O)Nc2cc(C(F)(F)F)ccc2Cl)cc1. The maximum Gasteiger partial charge on any atom is 0.416 e. The number of nitrogens with one attached hydrogen (secondary N) is 1. The van der Waals surface area contributed by atoms with Crippen molar-refractivity contribution < 1.29 is 22.7 Å². The largest absolute Gasteiger partial charge is 0.497 e. The van der Waals surface area contributed by atoms with Crippen LogP contribution in [0.1, 0.15) is 5.56 Å². The number of anilines is 1. The third-order valence-electron chi connectivity index (χ3n) is 3.00. The minimum atomic E-state index is -4.50. The molecular weight excluding hydrogens is 363 g/mol. The summed E-state index contributed by atoms with van der Waals surface area (Å²) in [6, 6.07) is 9.87. The zero-order chi connectivity index (χ0) is 17.7. The van der Waals surface area contributed by atoms with Crippen molar-refractivity contribution in [3.63, 3.8) is 0 Å². The Labute approximate surface area is 146 Å². The number of alkyl halides is 3. The van der Waals surface area contributed by atoms with Crippen molar-refractivity contribution in [1.82, 2.24) is 0 Å². The monoisotopic (exact) mass is 375 g/mol. The van der Waals surface area contributed by atoms with E-state index in [-0.39, 0.29) is 16.5 Å². The molecule has 0 saturated carbocycles. The number of thioether (sulfide) groups is 1. The molecule has 0 spiro atoms. The Hall–Kier alpha value is -1.86. The number of hydrogen-bond acceptors (Lipinski definition) is 3. The summed E-state index contributed by atoms with van der Waals surface area (Å²) < 4.78 is 43.1. The first kappa shape index (κ1) is 18.5. The summed E-state index contributed by atoms with van der Waals surface area (Å²) in [5.41, 5.74) is -0.933. The molecule has 0 heterocycles. The number of amides is 1. The number of carbonyl (C=O) groups is 1. The average Bonchev–Trinajstić information content (AvgIpc) is 2.54. The van der Waals surface area contributed by atoms with Gasteiger partial charge in [-0.15, -0.1) is 11.8 Å². The van der Waals surface area contributed by atoms with E-state index in [0.717, 1.165) is 23.1 Å². The van der Waals surface area contributed by atoms with Crippen molar-refractivity contribution in [1.29, 1.82) is 0 Å². The normalized spacial score (nSPS) is 11.2. The van der Waals surface area contributed by atoms with Crippen LogP contribution in [0.15, 0.2) is 47.4 Å². The lowest BCUT2D eigenvalue weighted by Gasteiger charge is -2.11. The van der Waals surface area contributed by atoms with Gasteiger partial charge in [0, 0.05) is 4.90 Å². The Bertz CT molecular complexity index is 720. The molecule has 0 fully saturated rings. The van der Waals surface area contributed by atoms with Gasteiger partial charge >= 0.3 is 6.18 Å². The van der Waals surface area contributed by atoms with Crippen molar-refractivity contribution in [3.05, 3.63) is 53.1 Å². The quantitative estimate of drug-likeness (QED) is 0.739. The van der Waals surface area contributed by atoms with E-state index in [1.54, 1.807) is 31.4 Å². The maximum absolute atomic E-state index is 12.7. The number of halogens is 4. The second-order valence-electron chi connectivity index (χ2n) is 4.70. The molecule has 128 valence electrons. The van der Waals surface area contributed by atoms with Crippen molar-refractivity contribution in [2.45, 2.75) is 11.1 Å². The number of methoxy groups -OCH3 is 1. The molecule has 8 heteroatoms. The van der Waals surface area contributed by atoms with Gasteiger partial charge in [0.1, 0.15) is 5.75 Å². The van der Waals surface area contributed by atoms with Gasteiger partial charge in [0.15, 0.2) is 0 Å². The predicted octanol–water partition coefficient (Wildman–Crippen LogP) is 5.10. The van der Waals surface area contributed by atoms with Crippen LogP contribution in [0.4, 0.5) is 18.9 Å². The minimum absolute atomic E-state index is 0.0406. The van der Waals surface area contributed by atoms with E-state index >= 15 is 0 Å². The molecule has 0 atom stereocenters. The third kappa shape index (κ3) is 5.07. The third-order valence-corrected chi connectivity index (χ3v) is 4.34. The van der Waals surface area contributed by atoms with Crippen molar-refractivity contribution in [3.8, 4) is 5.75 Å². The molecule has 2 rings (SSSR count). The van der Waals surface area contributed by atoms with Crippen LogP contribution in [0.5, 0.6) is 5.75 Å². The molecule has 0 bridgehead atoms. The molecule has 0 saturated heterocycles. The van der Waals surface area contributed by atoms with E-state index in [4.69, 9.17) is 16.3 Å². The Morgan fingerprint density at radius 2 is 1.88 bits per heavy atom. The van der Waals surface area contributed by atoms with Crippen molar-refractivity contribution in [2.24, 2.45) is 0 Å². The van der Waals surface area contributed by atoms with Gasteiger partial charge in [-0.25, -0.2) is 0 Å². The highest BCUT2D eigenvalue weighted by Gasteiger charge is 2.31. The minimum Gasteiger partial charge on any atom is -0.497 e. The van der Waals surface area contributed by atoms with E-state index in [0.29, 0.717) is 5.75 Å². The van der Waals surface area contributed by atoms with E-state index in [1.807, 2.05) is 0 Å². The van der Waals surface area contributed by atoms with Crippen LogP contribution < -0.4 is 10.1 Å². The van der Waals surface area contributed by atoms with Crippen LogP contribution in [0, 0.1) is 0 Å². The summed E-state index contributed by atoms with van der Waals surface area (Å²) in [5.74, 6) is 0.287. The Morgan fingerprint density at radius 3 is 2.46 bits per heavy atom. The highest BCUT2D eigenvalue weighted by Crippen LogP contribution is 2.34. The van der Waals surface area contributed by atoms with Crippen molar-refractivity contribution in [2.75, 3.05) is 18.2 Å². The molecule has 0 aliphatic rings. The van der Waals surface area contributed by atoms with Crippen molar-refractivity contribution >= 4 is 35.0 Å². The number of ether oxygens (including phenoxy) is 1. The highest BCUT2D eigenvalue weighted by atomic mass is 35.5. The Morgan fingerprint density at radius 1 is 1.21 bits per heavy atom. The van der Waals surface area contributed by atoms with Crippen LogP contribution in [0.2, 0.25) is 5.02 Å². The average molecular weight is 376 g/mol. The summed E-state index contributed by atoms with van der Waals surface area (Å²) in [6.45, 7) is 0. The van der Waals surface area contributed by atoms with Crippen LogP contribution >= 0.6 is 23.4 Å². The fourth-order valence-electron chi connectivity index (χ4n) is 1.80. The first-order chi connectivity index (χ1) is 11.3. The number of carbonyl (C=O) groups excluding carboxylic acids is 1. The molecule has 0 aromatic heterocycles. The number of benzene rings is 2. The van der Waals surface area contributed by atoms with E-state index < -0.39 is 17.6 Å². The molecule has 3 nitrogen and oxygen atoms in total.